The highest BCUT2D eigenvalue weighted by Crippen LogP contribution is 2.07. The van der Waals surface area contributed by atoms with Gasteiger partial charge in [-0.1, -0.05) is 38.0 Å². The molecule has 11 heteroatoms. The van der Waals surface area contributed by atoms with E-state index in [1.54, 1.807) is 0 Å². The van der Waals surface area contributed by atoms with Crippen LogP contribution in [-0.4, -0.2) is 139 Å². The second-order valence-electron chi connectivity index (χ2n) is 8.99. The fraction of sp³-hybridized carbons (Fsp3) is 0.806. The molecule has 42 heavy (non-hydrogen) atoms. The van der Waals surface area contributed by atoms with E-state index in [1.165, 1.54) is 12.8 Å². The monoisotopic (exact) mass is 604 g/mol. The van der Waals surface area contributed by atoms with Gasteiger partial charge in [0.2, 0.25) is 0 Å². The number of hydrogen-bond acceptors (Lipinski definition) is 11. The molecule has 0 aliphatic rings. The van der Waals surface area contributed by atoms with Crippen molar-refractivity contribution in [2.24, 2.45) is 0 Å². The summed E-state index contributed by atoms with van der Waals surface area (Å²) in [5.74, 6) is 0.847. The minimum atomic E-state index is 0.520. The Morgan fingerprint density at radius 1 is 0.333 bits per heavy atom. The van der Waals surface area contributed by atoms with E-state index < -0.39 is 0 Å². The largest absolute Gasteiger partial charge is 0.491 e. The lowest BCUT2D eigenvalue weighted by Crippen LogP contribution is -2.15. The van der Waals surface area contributed by atoms with Crippen molar-refractivity contribution in [1.29, 1.82) is 0 Å². The molecule has 0 aliphatic heterocycles. The third kappa shape index (κ3) is 30.1. The van der Waals surface area contributed by atoms with Gasteiger partial charge in [0.25, 0.3) is 0 Å². The van der Waals surface area contributed by atoms with E-state index in [0.717, 1.165) is 18.8 Å². The molecule has 0 saturated heterocycles. The number of unbranched alkanes of at least 4 members (excludes halogenated alkanes) is 2. The second kappa shape index (κ2) is 34.1. The molecule has 246 valence electrons. The topological polar surface area (TPSA) is 102 Å². The summed E-state index contributed by atoms with van der Waals surface area (Å²) in [6, 6.07) is 9.68. The maximum Gasteiger partial charge on any atom is 0.119 e. The lowest BCUT2D eigenvalue weighted by Gasteiger charge is -2.09. The van der Waals surface area contributed by atoms with E-state index in [9.17, 15) is 0 Å². The van der Waals surface area contributed by atoms with Crippen LogP contribution in [0.15, 0.2) is 30.3 Å². The fourth-order valence-electron chi connectivity index (χ4n) is 3.27. The maximum absolute atomic E-state index is 5.55. The van der Waals surface area contributed by atoms with Crippen molar-refractivity contribution >= 4 is 0 Å². The zero-order chi connectivity index (χ0) is 29.9. The molecule has 1 rings (SSSR count). The van der Waals surface area contributed by atoms with Crippen molar-refractivity contribution < 1.29 is 52.1 Å². The highest BCUT2D eigenvalue weighted by Gasteiger charge is 1.97. The molecule has 0 N–H and O–H groups in total. The Morgan fingerprint density at radius 3 is 0.929 bits per heavy atom. The molecule has 0 atom stereocenters. The summed E-state index contributed by atoms with van der Waals surface area (Å²) < 4.78 is 60.3. The molecule has 0 radical (unpaired) electrons. The van der Waals surface area contributed by atoms with Crippen LogP contribution in [0.3, 0.4) is 0 Å². The molecule has 0 unspecified atom stereocenters. The Balaban J connectivity index is 1.61. The van der Waals surface area contributed by atoms with Gasteiger partial charge >= 0.3 is 0 Å². The first-order valence-corrected chi connectivity index (χ1v) is 15.4. The smallest absolute Gasteiger partial charge is 0.119 e. The summed E-state index contributed by atoms with van der Waals surface area (Å²) in [4.78, 5) is 0. The van der Waals surface area contributed by atoms with E-state index in [2.05, 4.69) is 6.92 Å². The minimum Gasteiger partial charge on any atom is -0.491 e. The first kappa shape index (κ1) is 38.6. The molecule has 0 saturated carbocycles. The number of hydrogen-bond donors (Lipinski definition) is 0. The average molecular weight is 605 g/mol. The van der Waals surface area contributed by atoms with E-state index in [-0.39, 0.29) is 0 Å². The molecule has 1 aromatic rings. The summed E-state index contributed by atoms with van der Waals surface area (Å²) in [5, 5.41) is 0. The molecule has 0 amide bonds. The predicted molar refractivity (Wildman–Crippen MR) is 160 cm³/mol. The molecule has 0 aromatic heterocycles. The van der Waals surface area contributed by atoms with E-state index in [1.807, 2.05) is 30.3 Å². The Kier molecular flexibility index (Phi) is 31.4. The highest BCUT2D eigenvalue weighted by atomic mass is 16.6. The Morgan fingerprint density at radius 2 is 0.619 bits per heavy atom. The quantitative estimate of drug-likeness (QED) is 0.107. The van der Waals surface area contributed by atoms with Crippen molar-refractivity contribution in [2.75, 3.05) is 139 Å². The van der Waals surface area contributed by atoms with Crippen molar-refractivity contribution in [2.45, 2.75) is 26.2 Å². The molecule has 0 fully saturated rings. The highest BCUT2D eigenvalue weighted by molar-refractivity contribution is 5.20. The summed E-state index contributed by atoms with van der Waals surface area (Å²) in [7, 11) is 0. The van der Waals surface area contributed by atoms with Crippen LogP contribution >= 0.6 is 0 Å². The number of rotatable bonds is 35. The van der Waals surface area contributed by atoms with E-state index in [0.29, 0.717) is 132 Å². The van der Waals surface area contributed by atoms with Gasteiger partial charge in [-0.3, -0.25) is 0 Å². The summed E-state index contributed by atoms with van der Waals surface area (Å²) in [6.07, 6.45) is 3.55. The van der Waals surface area contributed by atoms with Crippen LogP contribution < -0.4 is 4.74 Å². The normalized spacial score (nSPS) is 11.4. The lowest BCUT2D eigenvalue weighted by molar-refractivity contribution is -0.0267. The predicted octanol–water partition coefficient (Wildman–Crippen LogP) is 3.42. The first-order valence-electron chi connectivity index (χ1n) is 15.4. The zero-order valence-corrected chi connectivity index (χ0v) is 25.8. The molecular formula is C31H56O11. The summed E-state index contributed by atoms with van der Waals surface area (Å²) >= 11 is 0. The van der Waals surface area contributed by atoms with Crippen LogP contribution in [0.25, 0.3) is 0 Å². The van der Waals surface area contributed by atoms with Crippen LogP contribution in [0.1, 0.15) is 26.2 Å². The molecule has 0 bridgehead atoms. The van der Waals surface area contributed by atoms with Crippen molar-refractivity contribution in [3.05, 3.63) is 30.3 Å². The van der Waals surface area contributed by atoms with E-state index in [4.69, 9.17) is 52.1 Å². The third-order valence-corrected chi connectivity index (χ3v) is 5.48. The molecule has 0 heterocycles. The molecule has 0 spiro atoms. The van der Waals surface area contributed by atoms with Gasteiger partial charge in [0.05, 0.1) is 126 Å². The Bertz CT molecular complexity index is 624. The Labute approximate surface area is 253 Å². The zero-order valence-electron chi connectivity index (χ0n) is 25.8. The minimum absolute atomic E-state index is 0.520. The summed E-state index contributed by atoms with van der Waals surface area (Å²) in [5.41, 5.74) is 0. The molecule has 0 aliphatic carbocycles. The lowest BCUT2D eigenvalue weighted by atomic mass is 10.3. The van der Waals surface area contributed by atoms with Crippen LogP contribution in [0, 0.1) is 0 Å². The van der Waals surface area contributed by atoms with Crippen LogP contribution in [0.4, 0.5) is 0 Å². The van der Waals surface area contributed by atoms with Crippen molar-refractivity contribution in [3.63, 3.8) is 0 Å². The number of benzene rings is 1. The van der Waals surface area contributed by atoms with Crippen LogP contribution in [0.5, 0.6) is 5.75 Å². The molecular weight excluding hydrogens is 548 g/mol. The van der Waals surface area contributed by atoms with Gasteiger partial charge in [-0.2, -0.15) is 0 Å². The first-order chi connectivity index (χ1) is 20.9. The van der Waals surface area contributed by atoms with Gasteiger partial charge in [-0.15, -0.1) is 0 Å². The van der Waals surface area contributed by atoms with Gasteiger partial charge in [-0.05, 0) is 18.6 Å². The third-order valence-electron chi connectivity index (χ3n) is 5.48. The number of ether oxygens (including phenoxy) is 11. The van der Waals surface area contributed by atoms with Gasteiger partial charge in [0.15, 0.2) is 0 Å². The second-order valence-corrected chi connectivity index (χ2v) is 8.99. The molecule has 1 aromatic carbocycles. The van der Waals surface area contributed by atoms with Gasteiger partial charge < -0.3 is 52.1 Å². The van der Waals surface area contributed by atoms with Crippen molar-refractivity contribution in [3.8, 4) is 5.75 Å². The van der Waals surface area contributed by atoms with Crippen molar-refractivity contribution in [1.82, 2.24) is 0 Å². The Hall–Kier alpha value is -1.38. The van der Waals surface area contributed by atoms with Gasteiger partial charge in [0.1, 0.15) is 12.4 Å². The van der Waals surface area contributed by atoms with Crippen LogP contribution in [-0.2, 0) is 47.4 Å². The average Bonchev–Trinajstić information content (AvgIpc) is 3.01. The summed E-state index contributed by atoms with van der Waals surface area (Å²) in [6.45, 7) is 13.8. The maximum atomic E-state index is 5.55. The van der Waals surface area contributed by atoms with Crippen LogP contribution in [0.2, 0.25) is 0 Å². The van der Waals surface area contributed by atoms with E-state index >= 15 is 0 Å². The van der Waals surface area contributed by atoms with Gasteiger partial charge in [-0.25, -0.2) is 0 Å². The molecule has 11 nitrogen and oxygen atoms in total. The fourth-order valence-corrected chi connectivity index (χ4v) is 3.27. The van der Waals surface area contributed by atoms with Gasteiger partial charge in [0, 0.05) is 6.61 Å². The standard InChI is InChI=1S/C31H56O11/c1-2-3-7-10-32-11-12-33-13-14-34-15-16-35-17-18-36-19-20-37-21-22-38-23-24-39-25-26-40-27-28-41-29-30-42-31-8-5-4-6-9-31/h4-6,8-9H,2-3,7,10-30H2,1H3. The number of para-hydroxylation sites is 1. The SMILES string of the molecule is CCCCCOCCOCCOCCOCCOCCOCCOCCOCCOCCOCCOc1ccccc1.